The van der Waals surface area contributed by atoms with Crippen LogP contribution >= 0.6 is 11.6 Å². The Bertz CT molecular complexity index is 1280. The fourth-order valence-electron chi connectivity index (χ4n) is 3.03. The van der Waals surface area contributed by atoms with E-state index in [-0.39, 0.29) is 38.6 Å². The van der Waals surface area contributed by atoms with Crippen LogP contribution in [0.25, 0.3) is 22.1 Å². The Hall–Kier alpha value is -3.51. The first-order chi connectivity index (χ1) is 14.0. The summed E-state index contributed by atoms with van der Waals surface area (Å²) in [6, 6.07) is 11.6. The molecule has 0 aliphatic carbocycles. The van der Waals surface area contributed by atoms with Crippen LogP contribution in [0.15, 0.2) is 70.1 Å². The summed E-state index contributed by atoms with van der Waals surface area (Å²) in [6.45, 7) is 1.55. The van der Waals surface area contributed by atoms with Crippen molar-refractivity contribution in [2.24, 2.45) is 0 Å². The number of carbonyl (C=O) groups is 1. The summed E-state index contributed by atoms with van der Waals surface area (Å²) < 4.78 is 25.4. The number of halogens is 2. The molecule has 0 amide bonds. The van der Waals surface area contributed by atoms with Crippen LogP contribution in [0.4, 0.5) is 4.39 Å². The van der Waals surface area contributed by atoms with Gasteiger partial charge in [0.1, 0.15) is 22.9 Å². The predicted octanol–water partition coefficient (Wildman–Crippen LogP) is 5.18. The maximum absolute atomic E-state index is 14.3. The number of pyridine rings is 1. The van der Waals surface area contributed by atoms with Crippen molar-refractivity contribution in [2.45, 2.75) is 6.92 Å². The van der Waals surface area contributed by atoms with E-state index in [9.17, 15) is 14.0 Å². The number of rotatable bonds is 3. The summed E-state index contributed by atoms with van der Waals surface area (Å²) in [5, 5.41) is 0.330. The van der Waals surface area contributed by atoms with Crippen LogP contribution in [-0.2, 0) is 0 Å². The Kier molecular flexibility index (Phi) is 4.86. The molecule has 2 aromatic carbocycles. The van der Waals surface area contributed by atoms with E-state index in [4.69, 9.17) is 20.8 Å². The van der Waals surface area contributed by atoms with Crippen LogP contribution in [0, 0.1) is 12.7 Å². The van der Waals surface area contributed by atoms with Gasteiger partial charge in [0.05, 0.1) is 21.5 Å². The Morgan fingerprint density at radius 3 is 2.59 bits per heavy atom. The van der Waals surface area contributed by atoms with Crippen molar-refractivity contribution in [3.05, 3.63) is 93.3 Å². The molecule has 7 heteroatoms. The highest BCUT2D eigenvalue weighted by Gasteiger charge is 2.20. The molecule has 0 saturated heterocycles. The highest BCUT2D eigenvalue weighted by atomic mass is 35.5. The summed E-state index contributed by atoms with van der Waals surface area (Å²) in [5.41, 5.74) is 0.173. The maximum atomic E-state index is 14.3. The van der Waals surface area contributed by atoms with Crippen LogP contribution in [-0.4, -0.2) is 11.0 Å². The minimum atomic E-state index is -0.616. The fourth-order valence-corrected chi connectivity index (χ4v) is 3.29. The third-order valence-corrected chi connectivity index (χ3v) is 4.69. The van der Waals surface area contributed by atoms with E-state index in [1.165, 1.54) is 60.9 Å². The third kappa shape index (κ3) is 3.50. The minimum absolute atomic E-state index is 0.00416. The van der Waals surface area contributed by atoms with E-state index in [1.807, 2.05) is 0 Å². The normalized spacial score (nSPS) is 10.9. The zero-order valence-corrected chi connectivity index (χ0v) is 15.9. The molecule has 5 nitrogen and oxygen atoms in total. The zero-order valence-electron chi connectivity index (χ0n) is 15.1. The molecule has 0 spiro atoms. The molecule has 144 valence electrons. The lowest BCUT2D eigenvalue weighted by Gasteiger charge is -2.10. The van der Waals surface area contributed by atoms with Crippen LogP contribution in [0.3, 0.4) is 0 Å². The van der Waals surface area contributed by atoms with Crippen LogP contribution in [0.1, 0.15) is 16.1 Å². The number of hydrogen-bond donors (Lipinski definition) is 0. The van der Waals surface area contributed by atoms with E-state index in [0.717, 1.165) is 0 Å². The molecule has 29 heavy (non-hydrogen) atoms. The van der Waals surface area contributed by atoms with Gasteiger partial charge >= 0.3 is 5.97 Å². The molecule has 4 rings (SSSR count). The number of fused-ring (bicyclic) bond motifs is 1. The number of aromatic nitrogens is 1. The second-order valence-corrected chi connectivity index (χ2v) is 6.65. The fraction of sp³-hybridized carbons (Fsp3) is 0.0455. The topological polar surface area (TPSA) is 69.4 Å². The number of nitrogens with zero attached hydrogens (tertiary/aromatic N) is 1. The van der Waals surface area contributed by atoms with Gasteiger partial charge in [-0.15, -0.1) is 0 Å². The summed E-state index contributed by atoms with van der Waals surface area (Å²) in [4.78, 5) is 29.1. The van der Waals surface area contributed by atoms with E-state index in [2.05, 4.69) is 4.98 Å². The van der Waals surface area contributed by atoms with Gasteiger partial charge in [-0.2, -0.15) is 0 Å². The largest absolute Gasteiger partial charge is 0.460 e. The lowest BCUT2D eigenvalue weighted by atomic mass is 10.0. The maximum Gasteiger partial charge on any atom is 0.343 e. The van der Waals surface area contributed by atoms with Crippen molar-refractivity contribution < 1.29 is 18.3 Å². The number of aryl methyl sites for hydroxylation is 1. The average molecular weight is 410 g/mol. The highest BCUT2D eigenvalue weighted by Crippen LogP contribution is 2.32. The Balaban J connectivity index is 1.78. The van der Waals surface area contributed by atoms with E-state index in [0.29, 0.717) is 5.56 Å². The van der Waals surface area contributed by atoms with Gasteiger partial charge in [0.2, 0.25) is 5.43 Å². The van der Waals surface area contributed by atoms with Gasteiger partial charge in [0.25, 0.3) is 0 Å². The smallest absolute Gasteiger partial charge is 0.343 e. The van der Waals surface area contributed by atoms with Crippen LogP contribution in [0.5, 0.6) is 5.75 Å². The number of benzene rings is 2. The Labute approximate surface area is 169 Å². The molecule has 0 atom stereocenters. The van der Waals surface area contributed by atoms with Crippen molar-refractivity contribution in [1.29, 1.82) is 0 Å². The van der Waals surface area contributed by atoms with Gasteiger partial charge in [-0.25, -0.2) is 9.18 Å². The van der Waals surface area contributed by atoms with E-state index >= 15 is 0 Å². The molecule has 2 heterocycles. The van der Waals surface area contributed by atoms with E-state index in [1.54, 1.807) is 6.92 Å². The van der Waals surface area contributed by atoms with Crippen molar-refractivity contribution in [1.82, 2.24) is 4.98 Å². The molecule has 0 bridgehead atoms. The van der Waals surface area contributed by atoms with Crippen LogP contribution in [0.2, 0.25) is 5.02 Å². The van der Waals surface area contributed by atoms with Crippen molar-refractivity contribution >= 4 is 28.5 Å². The first-order valence-electron chi connectivity index (χ1n) is 8.60. The SMILES string of the molecule is Cc1oc2cc(OC(=O)c3ccncc3)ccc2c(=O)c1-c1c(F)cccc1Cl. The summed E-state index contributed by atoms with van der Waals surface area (Å²) in [5.74, 6) is -0.777. The second-order valence-electron chi connectivity index (χ2n) is 6.24. The predicted molar refractivity (Wildman–Crippen MR) is 107 cm³/mol. The van der Waals surface area contributed by atoms with Crippen molar-refractivity contribution in [2.75, 3.05) is 0 Å². The molecule has 0 aliphatic heterocycles. The number of ether oxygens (including phenoxy) is 1. The standard InChI is InChI=1S/C22H13ClFNO4/c1-12-19(20-16(23)3-2-4-17(20)24)21(26)15-6-5-14(11-18(15)28-12)29-22(27)13-7-9-25-10-8-13/h2-11H,1H3. The number of hydrogen-bond acceptors (Lipinski definition) is 5. The first kappa shape index (κ1) is 18.8. The Morgan fingerprint density at radius 1 is 1.10 bits per heavy atom. The molecule has 0 saturated carbocycles. The number of carbonyl (C=O) groups excluding carboxylic acids is 1. The molecular weight excluding hydrogens is 397 g/mol. The van der Waals surface area contributed by atoms with Gasteiger partial charge in [0, 0.05) is 24.0 Å². The first-order valence-corrected chi connectivity index (χ1v) is 8.97. The van der Waals surface area contributed by atoms with Gasteiger partial charge in [-0.1, -0.05) is 17.7 Å². The van der Waals surface area contributed by atoms with E-state index < -0.39 is 17.2 Å². The van der Waals surface area contributed by atoms with Gasteiger partial charge < -0.3 is 9.15 Å². The van der Waals surface area contributed by atoms with Crippen LogP contribution < -0.4 is 10.2 Å². The lowest BCUT2D eigenvalue weighted by Crippen LogP contribution is -2.10. The third-order valence-electron chi connectivity index (χ3n) is 4.38. The molecule has 0 unspecified atom stereocenters. The van der Waals surface area contributed by atoms with Gasteiger partial charge in [-0.05, 0) is 43.3 Å². The van der Waals surface area contributed by atoms with Crippen molar-refractivity contribution in [3.8, 4) is 16.9 Å². The quantitative estimate of drug-likeness (QED) is 0.344. The molecule has 0 radical (unpaired) electrons. The lowest BCUT2D eigenvalue weighted by molar-refractivity contribution is 0.0735. The molecular formula is C22H13ClFNO4. The summed E-state index contributed by atoms with van der Waals surface area (Å²) in [6.07, 6.45) is 2.96. The highest BCUT2D eigenvalue weighted by molar-refractivity contribution is 6.33. The average Bonchev–Trinajstić information content (AvgIpc) is 2.70. The number of esters is 1. The molecule has 2 aromatic heterocycles. The Morgan fingerprint density at radius 2 is 1.86 bits per heavy atom. The molecule has 0 aliphatic rings. The molecule has 0 fully saturated rings. The van der Waals surface area contributed by atoms with Crippen molar-refractivity contribution in [3.63, 3.8) is 0 Å². The summed E-state index contributed by atoms with van der Waals surface area (Å²) >= 11 is 6.12. The second kappa shape index (κ2) is 7.48. The molecule has 4 aromatic rings. The van der Waals surface area contributed by atoms with Gasteiger partial charge in [0.15, 0.2) is 0 Å². The molecule has 0 N–H and O–H groups in total. The monoisotopic (exact) mass is 409 g/mol. The zero-order chi connectivity index (χ0) is 20.5. The van der Waals surface area contributed by atoms with Gasteiger partial charge in [-0.3, -0.25) is 9.78 Å². The summed E-state index contributed by atoms with van der Waals surface area (Å²) in [7, 11) is 0. The minimum Gasteiger partial charge on any atom is -0.460 e.